The molecule has 0 spiro atoms. The van der Waals surface area contributed by atoms with Crippen molar-refractivity contribution in [3.8, 4) is 11.4 Å². The summed E-state index contributed by atoms with van der Waals surface area (Å²) in [5.74, 6) is 0.0765. The van der Waals surface area contributed by atoms with Crippen molar-refractivity contribution in [3.05, 3.63) is 41.3 Å². The summed E-state index contributed by atoms with van der Waals surface area (Å²) in [6.07, 6.45) is 1.65. The summed E-state index contributed by atoms with van der Waals surface area (Å²) < 4.78 is 32.9. The van der Waals surface area contributed by atoms with Crippen LogP contribution in [-0.4, -0.2) is 28.6 Å². The van der Waals surface area contributed by atoms with Gasteiger partial charge in [0.05, 0.1) is 11.2 Å². The minimum Gasteiger partial charge on any atom is -0.433 e. The molecule has 0 saturated carbocycles. The quantitative estimate of drug-likeness (QED) is 0.232. The second-order valence-electron chi connectivity index (χ2n) is 8.95. The maximum Gasteiger partial charge on any atom is 0.387 e. The molecule has 2 heterocycles. The van der Waals surface area contributed by atoms with Crippen molar-refractivity contribution in [2.24, 2.45) is 0 Å². The number of fused-ring (bicyclic) bond motifs is 1. The molecule has 0 unspecified atom stereocenters. The lowest BCUT2D eigenvalue weighted by Gasteiger charge is -2.42. The van der Waals surface area contributed by atoms with Gasteiger partial charge in [-0.15, -0.1) is 0 Å². The summed E-state index contributed by atoms with van der Waals surface area (Å²) in [6, 6.07) is 7.11. The minimum atomic E-state index is -2.93. The van der Waals surface area contributed by atoms with E-state index >= 15 is 0 Å². The Kier molecular flexibility index (Phi) is 7.57. The predicted octanol–water partition coefficient (Wildman–Crippen LogP) is 8.25. The average Bonchev–Trinajstić information content (AvgIpc) is 3.01. The summed E-state index contributed by atoms with van der Waals surface area (Å²) >= 11 is 8.06. The lowest BCUT2D eigenvalue weighted by Crippen LogP contribution is -2.40. The summed E-state index contributed by atoms with van der Waals surface area (Å²) in [5.41, 5.74) is 3.54. The van der Waals surface area contributed by atoms with Crippen LogP contribution in [0.2, 0.25) is 21.8 Å². The fraction of sp³-hybridized carbons (Fsp3) is 0.478. The van der Waals surface area contributed by atoms with E-state index in [1.807, 2.05) is 30.3 Å². The van der Waals surface area contributed by atoms with Gasteiger partial charge in [-0.05, 0) is 41.7 Å². The highest BCUT2D eigenvalue weighted by atomic mass is 35.5. The largest absolute Gasteiger partial charge is 0.433 e. The number of alkyl halides is 2. The molecule has 0 fully saturated rings. The summed E-state index contributed by atoms with van der Waals surface area (Å²) in [4.78, 5) is 5.17. The van der Waals surface area contributed by atoms with Gasteiger partial charge in [0.2, 0.25) is 0 Å². The lowest BCUT2D eigenvalue weighted by atomic mass is 10.2. The molecule has 9 heteroatoms. The summed E-state index contributed by atoms with van der Waals surface area (Å²) in [5, 5.41) is 5.73. The summed E-state index contributed by atoms with van der Waals surface area (Å²) in [7, 11) is -1.83. The molecule has 0 aliphatic carbocycles. The smallest absolute Gasteiger partial charge is 0.387 e. The third-order valence-electron chi connectivity index (χ3n) is 6.09. The Morgan fingerprint density at radius 2 is 1.66 bits per heavy atom. The van der Waals surface area contributed by atoms with Gasteiger partial charge in [0.15, 0.2) is 5.75 Å². The minimum absolute atomic E-state index is 0.0765. The molecule has 0 bridgehead atoms. The standard InChI is InChI=1S/C23H30ClF2N3OSSi/c1-13(2)32(14(3)4,15(5)6)31-17-8-9-21(30-23(25)26)20(10-17)29-19-11-22(24)27-12-18(19)16(7)28-29/h8-15,23H,1-7H3. The average molecular weight is 498 g/mol. The van der Waals surface area contributed by atoms with E-state index in [-0.39, 0.29) is 5.75 Å². The lowest BCUT2D eigenvalue weighted by molar-refractivity contribution is -0.0499. The monoisotopic (exact) mass is 497 g/mol. The molecule has 4 nitrogen and oxygen atoms in total. The number of benzene rings is 1. The van der Waals surface area contributed by atoms with Crippen molar-refractivity contribution in [3.63, 3.8) is 0 Å². The highest BCUT2D eigenvalue weighted by molar-refractivity contribution is 8.29. The SMILES string of the molecule is Cc1nn(-c2cc(S[Si](C(C)C)(C(C)C)C(C)C)ccc2OC(F)F)c2cc(Cl)ncc12. The number of aryl methyl sites for hydroxylation is 1. The molecule has 32 heavy (non-hydrogen) atoms. The van der Waals surface area contributed by atoms with Crippen molar-refractivity contribution in [2.45, 2.75) is 76.6 Å². The molecule has 0 saturated heterocycles. The van der Waals surface area contributed by atoms with Crippen LogP contribution in [0.5, 0.6) is 5.75 Å². The Morgan fingerprint density at radius 3 is 2.22 bits per heavy atom. The van der Waals surface area contributed by atoms with E-state index in [2.05, 4.69) is 51.6 Å². The van der Waals surface area contributed by atoms with Crippen molar-refractivity contribution in [1.82, 2.24) is 14.8 Å². The maximum atomic E-state index is 13.2. The van der Waals surface area contributed by atoms with Crippen LogP contribution in [0.15, 0.2) is 35.4 Å². The fourth-order valence-corrected chi connectivity index (χ4v) is 14.1. The number of rotatable bonds is 8. The molecule has 0 N–H and O–H groups in total. The number of aromatic nitrogens is 3. The molecule has 1 aromatic carbocycles. The van der Waals surface area contributed by atoms with E-state index in [0.717, 1.165) is 16.0 Å². The van der Waals surface area contributed by atoms with Crippen LogP contribution >= 0.6 is 22.8 Å². The number of halogens is 3. The van der Waals surface area contributed by atoms with Gasteiger partial charge in [0.1, 0.15) is 18.1 Å². The molecular weight excluding hydrogens is 468 g/mol. The topological polar surface area (TPSA) is 39.9 Å². The molecule has 0 radical (unpaired) electrons. The Morgan fingerprint density at radius 1 is 1.03 bits per heavy atom. The van der Waals surface area contributed by atoms with Crippen LogP contribution in [0.25, 0.3) is 16.6 Å². The molecule has 2 aromatic heterocycles. The zero-order valence-corrected chi connectivity index (χ0v) is 22.1. The molecule has 3 rings (SSSR count). The first-order chi connectivity index (χ1) is 15.0. The normalized spacial score (nSPS) is 12.7. The van der Waals surface area contributed by atoms with Gasteiger partial charge in [0, 0.05) is 22.5 Å². The van der Waals surface area contributed by atoms with E-state index in [0.29, 0.717) is 33.0 Å². The first-order valence-corrected chi connectivity index (χ1v) is 14.9. The van der Waals surface area contributed by atoms with Crippen LogP contribution in [0.3, 0.4) is 0 Å². The zero-order valence-electron chi connectivity index (χ0n) is 19.5. The van der Waals surface area contributed by atoms with Crippen molar-refractivity contribution >= 4 is 40.9 Å². The van der Waals surface area contributed by atoms with E-state index in [1.165, 1.54) is 0 Å². The number of pyridine rings is 1. The molecule has 0 aliphatic heterocycles. The van der Waals surface area contributed by atoms with Crippen LogP contribution < -0.4 is 4.74 Å². The van der Waals surface area contributed by atoms with Gasteiger partial charge in [-0.1, -0.05) is 53.1 Å². The van der Waals surface area contributed by atoms with E-state index in [9.17, 15) is 8.78 Å². The number of hydrogen-bond donors (Lipinski definition) is 0. The predicted molar refractivity (Wildman–Crippen MR) is 132 cm³/mol. The Bertz CT molecular complexity index is 1080. The highest BCUT2D eigenvalue weighted by Crippen LogP contribution is 2.52. The molecule has 0 aliphatic rings. The summed E-state index contributed by atoms with van der Waals surface area (Å²) in [6.45, 7) is 12.7. The van der Waals surface area contributed by atoms with E-state index < -0.39 is 13.8 Å². The van der Waals surface area contributed by atoms with Gasteiger partial charge in [-0.3, -0.25) is 0 Å². The second-order valence-corrected chi connectivity index (χ2v) is 17.9. The Balaban J connectivity index is 2.20. The first kappa shape index (κ1) is 25.0. The van der Waals surface area contributed by atoms with Crippen LogP contribution in [0.1, 0.15) is 47.2 Å². The highest BCUT2D eigenvalue weighted by Gasteiger charge is 2.44. The Labute approximate surface area is 198 Å². The molecule has 174 valence electrons. The third-order valence-corrected chi connectivity index (χ3v) is 18.6. The van der Waals surface area contributed by atoms with Gasteiger partial charge in [-0.2, -0.15) is 25.1 Å². The van der Waals surface area contributed by atoms with E-state index in [1.54, 1.807) is 23.0 Å². The fourth-order valence-electron chi connectivity index (χ4n) is 4.80. The van der Waals surface area contributed by atoms with Crippen LogP contribution in [0.4, 0.5) is 8.78 Å². The number of ether oxygens (including phenoxy) is 1. The number of nitrogens with zero attached hydrogens (tertiary/aromatic N) is 3. The maximum absolute atomic E-state index is 13.2. The van der Waals surface area contributed by atoms with Crippen molar-refractivity contribution < 1.29 is 13.5 Å². The van der Waals surface area contributed by atoms with Crippen LogP contribution in [0, 0.1) is 6.92 Å². The molecular formula is C23H30ClF2N3OSSi. The molecule has 0 atom stereocenters. The molecule has 3 aromatic rings. The van der Waals surface area contributed by atoms with Crippen molar-refractivity contribution in [1.29, 1.82) is 0 Å². The molecule has 0 amide bonds. The Hall–Kier alpha value is -1.64. The van der Waals surface area contributed by atoms with Crippen molar-refractivity contribution in [2.75, 3.05) is 0 Å². The third kappa shape index (κ3) is 4.68. The van der Waals surface area contributed by atoms with Gasteiger partial charge in [0.25, 0.3) is 0 Å². The zero-order chi connectivity index (χ0) is 23.8. The van der Waals surface area contributed by atoms with Gasteiger partial charge >= 0.3 is 6.61 Å². The number of hydrogen-bond acceptors (Lipinski definition) is 4. The van der Waals surface area contributed by atoms with Crippen LogP contribution in [-0.2, 0) is 0 Å². The second kappa shape index (κ2) is 9.69. The van der Waals surface area contributed by atoms with Gasteiger partial charge < -0.3 is 4.74 Å². The van der Waals surface area contributed by atoms with E-state index in [4.69, 9.17) is 16.3 Å². The van der Waals surface area contributed by atoms with Gasteiger partial charge in [-0.25, -0.2) is 9.67 Å². The first-order valence-electron chi connectivity index (χ1n) is 10.8.